The summed E-state index contributed by atoms with van der Waals surface area (Å²) in [6, 6.07) is 0.252. The Hall–Kier alpha value is -0.990. The van der Waals surface area contributed by atoms with Crippen molar-refractivity contribution >= 4 is 10.0 Å². The van der Waals surface area contributed by atoms with E-state index in [4.69, 9.17) is 4.52 Å². The Morgan fingerprint density at radius 1 is 1.33 bits per heavy atom. The summed E-state index contributed by atoms with van der Waals surface area (Å²) in [6.45, 7) is 7.69. The molecule has 1 unspecified atom stereocenters. The summed E-state index contributed by atoms with van der Waals surface area (Å²) in [5.74, 6) is 0.749. The molecular formula is C10H20N4O3S. The summed E-state index contributed by atoms with van der Waals surface area (Å²) >= 11 is 0. The van der Waals surface area contributed by atoms with Crippen LogP contribution in [0.15, 0.2) is 4.52 Å². The molecular weight excluding hydrogens is 256 g/mol. The SMILES string of the molecule is Cc1nc(CNS(=O)(=O)C(C)CNC(C)C)no1. The van der Waals surface area contributed by atoms with Crippen molar-refractivity contribution in [3.63, 3.8) is 0 Å². The van der Waals surface area contributed by atoms with Gasteiger partial charge in [-0.15, -0.1) is 0 Å². The van der Waals surface area contributed by atoms with E-state index in [2.05, 4.69) is 20.2 Å². The first-order valence-electron chi connectivity index (χ1n) is 5.82. The second kappa shape index (κ2) is 6.26. The minimum atomic E-state index is -3.38. The van der Waals surface area contributed by atoms with Gasteiger partial charge in [0.05, 0.1) is 11.8 Å². The summed E-state index contributed by atoms with van der Waals surface area (Å²) in [6.07, 6.45) is 0. The third kappa shape index (κ3) is 4.71. The Morgan fingerprint density at radius 2 is 2.00 bits per heavy atom. The monoisotopic (exact) mass is 276 g/mol. The average molecular weight is 276 g/mol. The van der Waals surface area contributed by atoms with Gasteiger partial charge in [-0.25, -0.2) is 13.1 Å². The molecule has 0 aliphatic rings. The van der Waals surface area contributed by atoms with Gasteiger partial charge in [0.1, 0.15) is 0 Å². The zero-order chi connectivity index (χ0) is 13.8. The average Bonchev–Trinajstić information content (AvgIpc) is 2.69. The van der Waals surface area contributed by atoms with Gasteiger partial charge < -0.3 is 9.84 Å². The lowest BCUT2D eigenvalue weighted by Crippen LogP contribution is -2.40. The van der Waals surface area contributed by atoms with Crippen molar-refractivity contribution in [2.45, 2.75) is 45.5 Å². The zero-order valence-electron chi connectivity index (χ0n) is 11.1. The number of aryl methyl sites for hydroxylation is 1. The molecule has 18 heavy (non-hydrogen) atoms. The van der Waals surface area contributed by atoms with E-state index in [0.29, 0.717) is 18.3 Å². The molecule has 104 valence electrons. The van der Waals surface area contributed by atoms with Gasteiger partial charge in [-0.1, -0.05) is 19.0 Å². The number of nitrogens with one attached hydrogen (secondary N) is 2. The van der Waals surface area contributed by atoms with E-state index in [1.807, 2.05) is 13.8 Å². The number of rotatable bonds is 7. The number of aromatic nitrogens is 2. The third-order valence-electron chi connectivity index (χ3n) is 2.34. The minimum absolute atomic E-state index is 0.0473. The molecule has 1 atom stereocenters. The Labute approximate surface area is 107 Å². The van der Waals surface area contributed by atoms with Crippen LogP contribution >= 0.6 is 0 Å². The number of hydrogen-bond donors (Lipinski definition) is 2. The van der Waals surface area contributed by atoms with Crippen LogP contribution in [0.4, 0.5) is 0 Å². The topological polar surface area (TPSA) is 97.1 Å². The Kier molecular flexibility index (Phi) is 5.24. The van der Waals surface area contributed by atoms with Gasteiger partial charge in [-0.2, -0.15) is 4.98 Å². The molecule has 0 aromatic carbocycles. The van der Waals surface area contributed by atoms with Gasteiger partial charge >= 0.3 is 0 Å². The van der Waals surface area contributed by atoms with Crippen LogP contribution in [0.2, 0.25) is 0 Å². The van der Waals surface area contributed by atoms with Crippen molar-refractivity contribution in [1.29, 1.82) is 0 Å². The highest BCUT2D eigenvalue weighted by molar-refractivity contribution is 7.90. The predicted octanol–water partition coefficient (Wildman–Crippen LogP) is 0.184. The third-order valence-corrected chi connectivity index (χ3v) is 4.12. The Balaban J connectivity index is 2.48. The first kappa shape index (κ1) is 15.1. The lowest BCUT2D eigenvalue weighted by atomic mass is 10.3. The fourth-order valence-electron chi connectivity index (χ4n) is 1.23. The number of nitrogens with zero attached hydrogens (tertiary/aromatic N) is 2. The van der Waals surface area contributed by atoms with Crippen LogP contribution in [0.1, 0.15) is 32.5 Å². The van der Waals surface area contributed by atoms with Crippen LogP contribution in [0.3, 0.4) is 0 Å². The lowest BCUT2D eigenvalue weighted by molar-refractivity contribution is 0.387. The van der Waals surface area contributed by atoms with Gasteiger partial charge in [0.25, 0.3) is 0 Å². The molecule has 1 aromatic rings. The van der Waals surface area contributed by atoms with Crippen molar-refractivity contribution in [2.75, 3.05) is 6.54 Å². The van der Waals surface area contributed by atoms with Gasteiger partial charge in [0.2, 0.25) is 15.9 Å². The lowest BCUT2D eigenvalue weighted by Gasteiger charge is -2.15. The molecule has 0 aliphatic carbocycles. The quantitative estimate of drug-likeness (QED) is 0.737. The van der Waals surface area contributed by atoms with E-state index in [9.17, 15) is 8.42 Å². The van der Waals surface area contributed by atoms with Crippen LogP contribution in [0, 0.1) is 6.92 Å². The van der Waals surface area contributed by atoms with E-state index in [0.717, 1.165) is 0 Å². The van der Waals surface area contributed by atoms with E-state index in [-0.39, 0.29) is 12.6 Å². The van der Waals surface area contributed by atoms with Crippen LogP contribution in [-0.2, 0) is 16.6 Å². The first-order valence-corrected chi connectivity index (χ1v) is 7.37. The summed E-state index contributed by atoms with van der Waals surface area (Å²) in [4.78, 5) is 3.93. The van der Waals surface area contributed by atoms with E-state index in [1.54, 1.807) is 13.8 Å². The highest BCUT2D eigenvalue weighted by Gasteiger charge is 2.21. The molecule has 8 heteroatoms. The van der Waals surface area contributed by atoms with Gasteiger partial charge in [0.15, 0.2) is 5.82 Å². The van der Waals surface area contributed by atoms with Crippen molar-refractivity contribution in [3.05, 3.63) is 11.7 Å². The van der Waals surface area contributed by atoms with Gasteiger partial charge in [-0.3, -0.25) is 0 Å². The second-order valence-electron chi connectivity index (χ2n) is 4.47. The number of hydrogen-bond acceptors (Lipinski definition) is 6. The highest BCUT2D eigenvalue weighted by atomic mass is 32.2. The molecule has 0 spiro atoms. The smallest absolute Gasteiger partial charge is 0.223 e. The van der Waals surface area contributed by atoms with Crippen molar-refractivity contribution in [3.8, 4) is 0 Å². The Bertz CT molecular complexity index is 469. The standard InChI is InChI=1S/C10H20N4O3S/c1-7(2)11-5-8(3)18(15,16)12-6-10-13-9(4)17-14-10/h7-8,11-12H,5-6H2,1-4H3. The largest absolute Gasteiger partial charge is 0.340 e. The summed E-state index contributed by atoms with van der Waals surface area (Å²) in [5, 5.41) is 6.19. The molecule has 0 amide bonds. The molecule has 0 fully saturated rings. The van der Waals surface area contributed by atoms with E-state index >= 15 is 0 Å². The molecule has 1 rings (SSSR count). The van der Waals surface area contributed by atoms with Crippen molar-refractivity contribution in [1.82, 2.24) is 20.2 Å². The molecule has 0 radical (unpaired) electrons. The predicted molar refractivity (Wildman–Crippen MR) is 67.4 cm³/mol. The molecule has 0 saturated heterocycles. The van der Waals surface area contributed by atoms with Gasteiger partial charge in [-0.05, 0) is 6.92 Å². The fourth-order valence-corrected chi connectivity index (χ4v) is 2.16. The maximum atomic E-state index is 11.9. The van der Waals surface area contributed by atoms with Crippen LogP contribution in [0.25, 0.3) is 0 Å². The van der Waals surface area contributed by atoms with Crippen LogP contribution < -0.4 is 10.0 Å². The second-order valence-corrected chi connectivity index (χ2v) is 6.65. The van der Waals surface area contributed by atoms with E-state index < -0.39 is 15.3 Å². The molecule has 1 heterocycles. The van der Waals surface area contributed by atoms with Gasteiger partial charge in [0, 0.05) is 19.5 Å². The summed E-state index contributed by atoms with van der Waals surface area (Å²) in [7, 11) is -3.38. The maximum absolute atomic E-state index is 11.9. The highest BCUT2D eigenvalue weighted by Crippen LogP contribution is 2.00. The minimum Gasteiger partial charge on any atom is -0.340 e. The normalized spacial score (nSPS) is 14.1. The molecule has 7 nitrogen and oxygen atoms in total. The molecule has 2 N–H and O–H groups in total. The van der Waals surface area contributed by atoms with Crippen molar-refractivity contribution < 1.29 is 12.9 Å². The first-order chi connectivity index (χ1) is 8.31. The van der Waals surface area contributed by atoms with Crippen molar-refractivity contribution in [2.24, 2.45) is 0 Å². The van der Waals surface area contributed by atoms with Crippen LogP contribution in [-0.4, -0.2) is 36.4 Å². The zero-order valence-corrected chi connectivity index (χ0v) is 11.9. The van der Waals surface area contributed by atoms with Crippen LogP contribution in [0.5, 0.6) is 0 Å². The summed E-state index contributed by atoms with van der Waals surface area (Å²) < 4.78 is 31.0. The summed E-state index contributed by atoms with van der Waals surface area (Å²) in [5.41, 5.74) is 0. The molecule has 0 aliphatic heterocycles. The van der Waals surface area contributed by atoms with E-state index in [1.165, 1.54) is 0 Å². The Morgan fingerprint density at radius 3 is 2.50 bits per heavy atom. The molecule has 1 aromatic heterocycles. The number of sulfonamides is 1. The maximum Gasteiger partial charge on any atom is 0.223 e. The molecule has 0 bridgehead atoms. The fraction of sp³-hybridized carbons (Fsp3) is 0.800. The molecule has 0 saturated carbocycles.